The van der Waals surface area contributed by atoms with E-state index in [1.54, 1.807) is 0 Å². The van der Waals surface area contributed by atoms with Crippen LogP contribution in [0, 0.1) is 11.6 Å². The molecule has 0 bridgehead atoms. The minimum atomic E-state index is -0.351. The molecule has 0 nitrogen and oxygen atoms in total. The Labute approximate surface area is 140 Å². The largest absolute Gasteiger partial charge is 0.207 e. The highest BCUT2D eigenvalue weighted by Crippen LogP contribution is 2.47. The van der Waals surface area contributed by atoms with Crippen molar-refractivity contribution in [3.8, 4) is 0 Å². The Balaban J connectivity index is 2.01. The molecule has 1 aliphatic rings. The lowest BCUT2D eigenvalue weighted by Crippen LogP contribution is -2.33. The van der Waals surface area contributed by atoms with Crippen molar-refractivity contribution >= 4 is 0 Å². The van der Waals surface area contributed by atoms with Crippen molar-refractivity contribution in [3.63, 3.8) is 0 Å². The van der Waals surface area contributed by atoms with E-state index in [-0.39, 0.29) is 17.0 Å². The molecule has 0 saturated heterocycles. The first-order chi connectivity index (χ1) is 11.7. The van der Waals surface area contributed by atoms with Gasteiger partial charge in [0.05, 0.1) is 0 Å². The highest BCUT2D eigenvalue weighted by Gasteiger charge is 2.39. The zero-order valence-electron chi connectivity index (χ0n) is 13.3. The summed E-state index contributed by atoms with van der Waals surface area (Å²) >= 11 is 0. The quantitative estimate of drug-likeness (QED) is 0.573. The monoisotopic (exact) mass is 320 g/mol. The van der Waals surface area contributed by atoms with Crippen LogP contribution in [0.25, 0.3) is 0 Å². The topological polar surface area (TPSA) is 0 Å². The molecule has 0 saturated carbocycles. The number of rotatable bonds is 2. The minimum absolute atomic E-state index is 0.239. The summed E-state index contributed by atoms with van der Waals surface area (Å²) in [6.45, 7) is 0. The summed E-state index contributed by atoms with van der Waals surface area (Å²) in [5.41, 5.74) is 4.33. The van der Waals surface area contributed by atoms with Crippen LogP contribution in [0.1, 0.15) is 35.1 Å². The van der Waals surface area contributed by atoms with Crippen molar-refractivity contribution in [2.75, 3.05) is 0 Å². The number of fused-ring (bicyclic) bond motifs is 1. The lowest BCUT2D eigenvalue weighted by Gasteiger charge is -2.40. The molecule has 3 aromatic rings. The van der Waals surface area contributed by atoms with Crippen LogP contribution in [0.5, 0.6) is 0 Å². The van der Waals surface area contributed by atoms with E-state index in [1.165, 1.54) is 35.4 Å². The third kappa shape index (κ3) is 2.34. The summed E-state index contributed by atoms with van der Waals surface area (Å²) in [6, 6.07) is 21.9. The number of aryl methyl sites for hydroxylation is 1. The highest BCUT2D eigenvalue weighted by atomic mass is 19.1. The van der Waals surface area contributed by atoms with Crippen LogP contribution in [-0.2, 0) is 11.8 Å². The van der Waals surface area contributed by atoms with Crippen LogP contribution >= 0.6 is 0 Å². The summed E-state index contributed by atoms with van der Waals surface area (Å²) < 4.78 is 27.0. The molecule has 0 spiro atoms. The van der Waals surface area contributed by atoms with Gasteiger partial charge in [0.1, 0.15) is 11.6 Å². The maximum atomic E-state index is 13.5. The van der Waals surface area contributed by atoms with Gasteiger partial charge in [0.15, 0.2) is 0 Å². The second-order valence-corrected chi connectivity index (χ2v) is 6.43. The maximum Gasteiger partial charge on any atom is 0.123 e. The Hall–Kier alpha value is -2.48. The van der Waals surface area contributed by atoms with Gasteiger partial charge in [-0.15, -0.1) is 0 Å². The first kappa shape index (κ1) is 15.1. The number of hydrogen-bond donors (Lipinski definition) is 0. The van der Waals surface area contributed by atoms with Gasteiger partial charge in [0.25, 0.3) is 0 Å². The Morgan fingerprint density at radius 2 is 1.21 bits per heavy atom. The van der Waals surface area contributed by atoms with E-state index < -0.39 is 0 Å². The summed E-state index contributed by atoms with van der Waals surface area (Å²) in [6.07, 6.45) is 3.02. The molecule has 0 fully saturated rings. The molecule has 0 heterocycles. The van der Waals surface area contributed by atoms with Crippen LogP contribution in [-0.4, -0.2) is 0 Å². The number of benzene rings is 3. The molecule has 2 heteroatoms. The molecular formula is C22H18F2. The van der Waals surface area contributed by atoms with E-state index in [4.69, 9.17) is 0 Å². The van der Waals surface area contributed by atoms with Crippen LogP contribution in [0.15, 0.2) is 72.8 Å². The summed E-state index contributed by atoms with van der Waals surface area (Å²) in [5, 5.41) is 0. The predicted octanol–water partition coefficient (Wildman–Crippen LogP) is 5.64. The molecule has 0 N–H and O–H groups in total. The summed E-state index contributed by atoms with van der Waals surface area (Å²) in [5.74, 6) is -0.478. The Kier molecular flexibility index (Phi) is 3.68. The molecule has 24 heavy (non-hydrogen) atoms. The highest BCUT2D eigenvalue weighted by molar-refractivity contribution is 5.54. The van der Waals surface area contributed by atoms with E-state index in [2.05, 4.69) is 18.2 Å². The van der Waals surface area contributed by atoms with Crippen molar-refractivity contribution in [1.82, 2.24) is 0 Å². The summed E-state index contributed by atoms with van der Waals surface area (Å²) in [7, 11) is 0. The molecule has 0 atom stereocenters. The van der Waals surface area contributed by atoms with Gasteiger partial charge >= 0.3 is 0 Å². The molecule has 0 unspecified atom stereocenters. The molecule has 0 radical (unpaired) electrons. The van der Waals surface area contributed by atoms with Crippen LogP contribution in [0.4, 0.5) is 8.78 Å². The van der Waals surface area contributed by atoms with Gasteiger partial charge in [0.2, 0.25) is 0 Å². The number of hydrogen-bond acceptors (Lipinski definition) is 0. The molecule has 4 rings (SSSR count). The van der Waals surface area contributed by atoms with Crippen molar-refractivity contribution in [2.24, 2.45) is 0 Å². The van der Waals surface area contributed by atoms with Gasteiger partial charge in [-0.1, -0.05) is 48.5 Å². The van der Waals surface area contributed by atoms with Crippen LogP contribution in [0.2, 0.25) is 0 Å². The number of halogens is 2. The van der Waals surface area contributed by atoms with E-state index in [9.17, 15) is 8.78 Å². The fourth-order valence-electron chi connectivity index (χ4n) is 4.07. The van der Waals surface area contributed by atoms with Gasteiger partial charge in [-0.3, -0.25) is 0 Å². The molecular weight excluding hydrogens is 302 g/mol. The Morgan fingerprint density at radius 3 is 1.79 bits per heavy atom. The molecule has 3 aromatic carbocycles. The summed E-state index contributed by atoms with van der Waals surface area (Å²) in [4.78, 5) is 0. The Morgan fingerprint density at radius 1 is 0.667 bits per heavy atom. The van der Waals surface area contributed by atoms with Gasteiger partial charge in [-0.05, 0) is 65.8 Å². The first-order valence-corrected chi connectivity index (χ1v) is 8.31. The zero-order chi connectivity index (χ0) is 16.6. The van der Waals surface area contributed by atoms with Crippen molar-refractivity contribution in [3.05, 3.63) is 107 Å². The lowest BCUT2D eigenvalue weighted by molar-refractivity contribution is 0.495. The van der Waals surface area contributed by atoms with Crippen molar-refractivity contribution in [2.45, 2.75) is 24.7 Å². The maximum absolute atomic E-state index is 13.5. The normalized spacial score (nSPS) is 15.8. The molecule has 120 valence electrons. The molecule has 1 aliphatic carbocycles. The fraction of sp³-hybridized carbons (Fsp3) is 0.182. The Bertz CT molecular complexity index is 802. The third-order valence-electron chi connectivity index (χ3n) is 5.15. The van der Waals surface area contributed by atoms with Gasteiger partial charge < -0.3 is 0 Å². The first-order valence-electron chi connectivity index (χ1n) is 8.31. The lowest BCUT2D eigenvalue weighted by atomic mass is 9.62. The third-order valence-corrected chi connectivity index (χ3v) is 5.15. The zero-order valence-corrected chi connectivity index (χ0v) is 13.3. The van der Waals surface area contributed by atoms with Gasteiger partial charge in [-0.2, -0.15) is 0 Å². The van der Waals surface area contributed by atoms with Crippen LogP contribution < -0.4 is 0 Å². The average Bonchev–Trinajstić information content (AvgIpc) is 2.62. The minimum Gasteiger partial charge on any atom is -0.207 e. The second-order valence-electron chi connectivity index (χ2n) is 6.43. The molecule has 0 aromatic heterocycles. The second kappa shape index (κ2) is 5.86. The predicted molar refractivity (Wildman–Crippen MR) is 92.1 cm³/mol. The van der Waals surface area contributed by atoms with Crippen molar-refractivity contribution in [1.29, 1.82) is 0 Å². The van der Waals surface area contributed by atoms with Crippen LogP contribution in [0.3, 0.4) is 0 Å². The molecule has 0 aliphatic heterocycles. The van der Waals surface area contributed by atoms with E-state index >= 15 is 0 Å². The standard InChI is InChI=1S/C22H18F2/c23-19-11-7-17(8-12-19)22(18-9-13-20(24)14-10-18)15-3-5-16-4-1-2-6-21(16)22/h1-2,4,6-14H,3,5,15H2. The molecule has 0 amide bonds. The average molecular weight is 320 g/mol. The SMILES string of the molecule is Fc1ccc(C2(c3ccc(F)cc3)CCCc3ccccc32)cc1. The smallest absolute Gasteiger partial charge is 0.123 e. The van der Waals surface area contributed by atoms with E-state index in [0.717, 1.165) is 30.4 Å². The van der Waals surface area contributed by atoms with E-state index in [1.807, 2.05) is 30.3 Å². The van der Waals surface area contributed by atoms with E-state index in [0.29, 0.717) is 0 Å². The van der Waals surface area contributed by atoms with Crippen molar-refractivity contribution < 1.29 is 8.78 Å². The fourth-order valence-corrected chi connectivity index (χ4v) is 4.07. The van der Waals surface area contributed by atoms with Gasteiger partial charge in [-0.25, -0.2) is 8.78 Å². The van der Waals surface area contributed by atoms with Gasteiger partial charge in [0, 0.05) is 5.41 Å².